The third-order valence-corrected chi connectivity index (χ3v) is 2.33. The normalized spacial score (nSPS) is 10.0. The zero-order valence-corrected chi connectivity index (χ0v) is 9.02. The minimum atomic E-state index is 0.620. The molecule has 0 aliphatic heterocycles. The van der Waals surface area contributed by atoms with Gasteiger partial charge in [0, 0.05) is 12.5 Å². The summed E-state index contributed by atoms with van der Waals surface area (Å²) in [6.45, 7) is 0.620. The summed E-state index contributed by atoms with van der Waals surface area (Å²) in [5.74, 6) is 0.637. The van der Waals surface area contributed by atoms with Gasteiger partial charge in [0.2, 0.25) is 0 Å². The molecule has 2 aromatic carbocycles. The molecule has 2 rings (SSSR count). The van der Waals surface area contributed by atoms with Crippen LogP contribution in [0.3, 0.4) is 0 Å². The number of hydrogen-bond acceptors (Lipinski definition) is 2. The van der Waals surface area contributed by atoms with E-state index in [9.17, 15) is 0 Å². The molecule has 2 nitrogen and oxygen atoms in total. The van der Waals surface area contributed by atoms with Crippen molar-refractivity contribution in [3.63, 3.8) is 0 Å². The Balaban J connectivity index is 1.87. The molecular formula is C14H14NO. The van der Waals surface area contributed by atoms with E-state index in [-0.39, 0.29) is 0 Å². The minimum absolute atomic E-state index is 0.620. The number of anilines is 1. The van der Waals surface area contributed by atoms with Gasteiger partial charge in [-0.05, 0) is 11.6 Å². The lowest BCUT2D eigenvalue weighted by Gasteiger charge is -2.07. The number of benzene rings is 2. The third kappa shape index (κ3) is 2.76. The Morgan fingerprint density at radius 2 is 1.88 bits per heavy atom. The van der Waals surface area contributed by atoms with Crippen molar-refractivity contribution in [2.24, 2.45) is 0 Å². The highest BCUT2D eigenvalue weighted by molar-refractivity contribution is 5.51. The Hall–Kier alpha value is -1.96. The molecule has 2 heteroatoms. The van der Waals surface area contributed by atoms with Crippen molar-refractivity contribution < 1.29 is 4.74 Å². The van der Waals surface area contributed by atoms with Crippen LogP contribution in [-0.4, -0.2) is 6.61 Å². The lowest BCUT2D eigenvalue weighted by atomic mass is 10.2. The van der Waals surface area contributed by atoms with E-state index in [1.165, 1.54) is 5.56 Å². The SMILES string of the molecule is Nc1ccc[c]c1OCCc1ccccc1. The topological polar surface area (TPSA) is 35.2 Å². The van der Waals surface area contributed by atoms with E-state index in [1.807, 2.05) is 30.3 Å². The molecule has 0 fully saturated rings. The smallest absolute Gasteiger partial charge is 0.150 e. The Morgan fingerprint density at radius 3 is 2.62 bits per heavy atom. The standard InChI is InChI=1S/C14H14NO/c15-13-8-4-5-9-14(13)16-11-10-12-6-2-1-3-7-12/h1-8H,10-11,15H2. The van der Waals surface area contributed by atoms with Gasteiger partial charge in [-0.2, -0.15) is 0 Å². The van der Waals surface area contributed by atoms with Crippen LogP contribution in [0.1, 0.15) is 5.56 Å². The fourth-order valence-electron chi connectivity index (χ4n) is 1.48. The minimum Gasteiger partial charge on any atom is -0.490 e. The van der Waals surface area contributed by atoms with Gasteiger partial charge in [0.1, 0.15) is 5.75 Å². The van der Waals surface area contributed by atoms with Crippen LogP contribution in [-0.2, 0) is 6.42 Å². The molecule has 0 aliphatic carbocycles. The quantitative estimate of drug-likeness (QED) is 0.791. The number of nitrogen functional groups attached to an aromatic ring is 1. The Bertz CT molecular complexity index is 439. The van der Waals surface area contributed by atoms with Crippen molar-refractivity contribution in [1.29, 1.82) is 0 Å². The third-order valence-electron chi connectivity index (χ3n) is 2.33. The van der Waals surface area contributed by atoms with Crippen molar-refractivity contribution in [3.05, 3.63) is 60.2 Å². The first-order valence-electron chi connectivity index (χ1n) is 5.29. The second kappa shape index (κ2) is 5.21. The van der Waals surface area contributed by atoms with Crippen LogP contribution in [0.4, 0.5) is 5.69 Å². The van der Waals surface area contributed by atoms with Crippen LogP contribution < -0.4 is 10.5 Å². The van der Waals surface area contributed by atoms with Crippen LogP contribution >= 0.6 is 0 Å². The fraction of sp³-hybridized carbons (Fsp3) is 0.143. The van der Waals surface area contributed by atoms with E-state index < -0.39 is 0 Å². The van der Waals surface area contributed by atoms with Gasteiger partial charge < -0.3 is 10.5 Å². The van der Waals surface area contributed by atoms with E-state index in [0.717, 1.165) is 6.42 Å². The van der Waals surface area contributed by atoms with Gasteiger partial charge in [0.25, 0.3) is 0 Å². The van der Waals surface area contributed by atoms with Crippen molar-refractivity contribution in [1.82, 2.24) is 0 Å². The van der Waals surface area contributed by atoms with Crippen molar-refractivity contribution in [2.45, 2.75) is 6.42 Å². The van der Waals surface area contributed by atoms with Gasteiger partial charge in [0.15, 0.2) is 0 Å². The van der Waals surface area contributed by atoms with Gasteiger partial charge in [-0.25, -0.2) is 0 Å². The van der Waals surface area contributed by atoms with Gasteiger partial charge >= 0.3 is 0 Å². The molecule has 0 aromatic heterocycles. The summed E-state index contributed by atoms with van der Waals surface area (Å²) in [6, 6.07) is 18.7. The largest absolute Gasteiger partial charge is 0.490 e. The molecular weight excluding hydrogens is 198 g/mol. The second-order valence-corrected chi connectivity index (χ2v) is 3.54. The zero-order chi connectivity index (χ0) is 11.2. The highest BCUT2D eigenvalue weighted by Crippen LogP contribution is 2.19. The first-order valence-corrected chi connectivity index (χ1v) is 5.29. The molecule has 0 heterocycles. The van der Waals surface area contributed by atoms with Crippen molar-refractivity contribution >= 4 is 5.69 Å². The Morgan fingerprint density at radius 1 is 1.06 bits per heavy atom. The summed E-state index contributed by atoms with van der Waals surface area (Å²) >= 11 is 0. The lowest BCUT2D eigenvalue weighted by Crippen LogP contribution is -2.03. The van der Waals surface area contributed by atoms with E-state index >= 15 is 0 Å². The summed E-state index contributed by atoms with van der Waals surface area (Å²) in [5, 5.41) is 0. The van der Waals surface area contributed by atoms with E-state index in [1.54, 1.807) is 6.07 Å². The maximum atomic E-state index is 5.74. The highest BCUT2D eigenvalue weighted by atomic mass is 16.5. The molecule has 0 unspecified atom stereocenters. The second-order valence-electron chi connectivity index (χ2n) is 3.54. The average Bonchev–Trinajstić information content (AvgIpc) is 2.33. The van der Waals surface area contributed by atoms with Crippen LogP contribution in [0.25, 0.3) is 0 Å². The molecule has 0 saturated carbocycles. The number of hydrogen-bond donors (Lipinski definition) is 1. The maximum absolute atomic E-state index is 5.74. The van der Waals surface area contributed by atoms with Crippen LogP contribution in [0, 0.1) is 6.07 Å². The van der Waals surface area contributed by atoms with Gasteiger partial charge in [0.05, 0.1) is 12.3 Å². The highest BCUT2D eigenvalue weighted by Gasteiger charge is 1.98. The van der Waals surface area contributed by atoms with Crippen LogP contribution in [0.2, 0.25) is 0 Å². The molecule has 0 saturated heterocycles. The van der Waals surface area contributed by atoms with Gasteiger partial charge in [-0.1, -0.05) is 42.5 Å². The van der Waals surface area contributed by atoms with Crippen LogP contribution in [0.15, 0.2) is 48.5 Å². The van der Waals surface area contributed by atoms with E-state index in [2.05, 4.69) is 18.2 Å². The molecule has 2 N–H and O–H groups in total. The molecule has 0 atom stereocenters. The summed E-state index contributed by atoms with van der Waals surface area (Å²) in [7, 11) is 0. The first kappa shape index (κ1) is 10.6. The molecule has 81 valence electrons. The molecule has 1 radical (unpaired) electrons. The number of para-hydroxylation sites is 1. The zero-order valence-electron chi connectivity index (χ0n) is 9.02. The molecule has 0 bridgehead atoms. The Kier molecular flexibility index (Phi) is 3.44. The van der Waals surface area contributed by atoms with E-state index in [0.29, 0.717) is 18.0 Å². The van der Waals surface area contributed by atoms with E-state index in [4.69, 9.17) is 10.5 Å². The predicted octanol–water partition coefficient (Wildman–Crippen LogP) is 2.69. The fourth-order valence-corrected chi connectivity index (χ4v) is 1.48. The molecule has 0 aliphatic rings. The average molecular weight is 212 g/mol. The van der Waals surface area contributed by atoms with Crippen molar-refractivity contribution in [2.75, 3.05) is 12.3 Å². The first-order chi connectivity index (χ1) is 7.86. The number of nitrogens with two attached hydrogens (primary N) is 1. The summed E-state index contributed by atoms with van der Waals surface area (Å²) in [5.41, 5.74) is 7.64. The molecule has 2 aromatic rings. The lowest BCUT2D eigenvalue weighted by molar-refractivity contribution is 0.323. The van der Waals surface area contributed by atoms with Gasteiger partial charge in [-0.15, -0.1) is 0 Å². The molecule has 0 amide bonds. The maximum Gasteiger partial charge on any atom is 0.150 e. The summed E-state index contributed by atoms with van der Waals surface area (Å²) in [4.78, 5) is 0. The number of ether oxygens (including phenoxy) is 1. The monoisotopic (exact) mass is 212 g/mol. The molecule has 16 heavy (non-hydrogen) atoms. The predicted molar refractivity (Wildman–Crippen MR) is 65.3 cm³/mol. The summed E-state index contributed by atoms with van der Waals surface area (Å²) in [6.07, 6.45) is 0.878. The molecule has 0 spiro atoms. The van der Waals surface area contributed by atoms with Crippen LogP contribution in [0.5, 0.6) is 5.75 Å². The Labute approximate surface area is 95.7 Å². The van der Waals surface area contributed by atoms with Crippen molar-refractivity contribution in [3.8, 4) is 5.75 Å². The summed E-state index contributed by atoms with van der Waals surface area (Å²) < 4.78 is 5.56. The number of rotatable bonds is 4. The van der Waals surface area contributed by atoms with Gasteiger partial charge in [-0.3, -0.25) is 0 Å².